The molecule has 0 saturated carbocycles. The fourth-order valence-corrected chi connectivity index (χ4v) is 3.46. The minimum absolute atomic E-state index is 0.00810. The van der Waals surface area contributed by atoms with Crippen molar-refractivity contribution in [3.05, 3.63) is 41.1 Å². The first-order valence-electron chi connectivity index (χ1n) is 9.16. The van der Waals surface area contributed by atoms with Gasteiger partial charge in [0.2, 0.25) is 5.91 Å². The molecule has 0 aromatic carbocycles. The van der Waals surface area contributed by atoms with Crippen molar-refractivity contribution in [1.29, 1.82) is 0 Å². The predicted octanol–water partition coefficient (Wildman–Crippen LogP) is 1.06. The van der Waals surface area contributed by atoms with Crippen LogP contribution in [0.5, 0.6) is 0 Å². The fourth-order valence-electron chi connectivity index (χ4n) is 3.46. The molecule has 1 amide bonds. The van der Waals surface area contributed by atoms with Gasteiger partial charge in [-0.15, -0.1) is 0 Å². The molecule has 1 aliphatic heterocycles. The number of fused-ring (bicyclic) bond motifs is 1. The van der Waals surface area contributed by atoms with E-state index in [1.165, 1.54) is 4.57 Å². The van der Waals surface area contributed by atoms with E-state index in [0.29, 0.717) is 31.3 Å². The SMILES string of the molecule is CC(C(N)=O)n1cc(-c2ccnc3[nH]ccc23)nc(N2CCOC[C@H]2C)c1=O. The lowest BCUT2D eigenvalue weighted by Crippen LogP contribution is -2.47. The second kappa shape index (κ2) is 7.08. The number of amides is 1. The number of aromatic amines is 1. The molecule has 2 atom stereocenters. The number of carbonyl (C=O) groups excluding carboxylic acids is 1. The third-order valence-corrected chi connectivity index (χ3v) is 5.12. The number of morpholine rings is 1. The van der Waals surface area contributed by atoms with Gasteiger partial charge in [0.25, 0.3) is 5.56 Å². The van der Waals surface area contributed by atoms with Crippen molar-refractivity contribution >= 4 is 22.8 Å². The molecular formula is C19H22N6O3. The molecule has 9 nitrogen and oxygen atoms in total. The van der Waals surface area contributed by atoms with E-state index in [2.05, 4.69) is 9.97 Å². The number of nitrogens with zero attached hydrogens (tertiary/aromatic N) is 4. The summed E-state index contributed by atoms with van der Waals surface area (Å²) < 4.78 is 6.85. The van der Waals surface area contributed by atoms with Crippen molar-refractivity contribution < 1.29 is 9.53 Å². The maximum atomic E-state index is 13.1. The Morgan fingerprint density at radius 2 is 2.25 bits per heavy atom. The summed E-state index contributed by atoms with van der Waals surface area (Å²) in [7, 11) is 0. The molecular weight excluding hydrogens is 360 g/mol. The van der Waals surface area contributed by atoms with E-state index in [0.717, 1.165) is 16.6 Å². The van der Waals surface area contributed by atoms with E-state index in [9.17, 15) is 9.59 Å². The molecule has 9 heteroatoms. The predicted molar refractivity (Wildman–Crippen MR) is 105 cm³/mol. The van der Waals surface area contributed by atoms with E-state index < -0.39 is 11.9 Å². The lowest BCUT2D eigenvalue weighted by molar-refractivity contribution is -0.120. The van der Waals surface area contributed by atoms with Crippen molar-refractivity contribution in [2.75, 3.05) is 24.7 Å². The first-order chi connectivity index (χ1) is 13.5. The fraction of sp³-hybridized carbons (Fsp3) is 0.368. The quantitative estimate of drug-likeness (QED) is 0.696. The monoisotopic (exact) mass is 382 g/mol. The number of primary amides is 1. The number of aromatic nitrogens is 4. The van der Waals surface area contributed by atoms with E-state index in [4.69, 9.17) is 15.5 Å². The Morgan fingerprint density at radius 3 is 3.00 bits per heavy atom. The summed E-state index contributed by atoms with van der Waals surface area (Å²) in [5.74, 6) is -0.288. The standard InChI is InChI=1S/C19H22N6O3/c1-11-10-28-8-7-24(11)18-19(27)25(12(2)16(20)26)9-15(23-18)13-3-5-21-17-14(13)4-6-22-17/h3-6,9,11-12H,7-8,10H2,1-2H3,(H2,20,26)(H,21,22)/t11-,12?/m1/s1. The molecule has 0 aliphatic carbocycles. The summed E-state index contributed by atoms with van der Waals surface area (Å²) in [5, 5.41) is 0.882. The van der Waals surface area contributed by atoms with Gasteiger partial charge in [-0.05, 0) is 26.0 Å². The van der Waals surface area contributed by atoms with Crippen molar-refractivity contribution in [2.45, 2.75) is 25.9 Å². The zero-order valence-corrected chi connectivity index (χ0v) is 15.8. The van der Waals surface area contributed by atoms with Gasteiger partial charge in [-0.25, -0.2) is 9.97 Å². The van der Waals surface area contributed by atoms with Crippen LogP contribution in [0.15, 0.2) is 35.5 Å². The lowest BCUT2D eigenvalue weighted by Gasteiger charge is -2.34. The molecule has 0 spiro atoms. The van der Waals surface area contributed by atoms with Gasteiger partial charge in [0.15, 0.2) is 5.82 Å². The van der Waals surface area contributed by atoms with Crippen LogP contribution in [0.3, 0.4) is 0 Å². The Balaban J connectivity index is 1.95. The van der Waals surface area contributed by atoms with Crippen LogP contribution < -0.4 is 16.2 Å². The zero-order chi connectivity index (χ0) is 19.8. The molecule has 28 heavy (non-hydrogen) atoms. The van der Waals surface area contributed by atoms with E-state index in [-0.39, 0.29) is 11.6 Å². The first kappa shape index (κ1) is 18.2. The second-order valence-corrected chi connectivity index (χ2v) is 6.96. The van der Waals surface area contributed by atoms with Crippen LogP contribution in [0.25, 0.3) is 22.3 Å². The van der Waals surface area contributed by atoms with Gasteiger partial charge in [0.05, 0.1) is 24.9 Å². The smallest absolute Gasteiger partial charge is 0.294 e. The van der Waals surface area contributed by atoms with Crippen molar-refractivity contribution in [3.63, 3.8) is 0 Å². The Morgan fingerprint density at radius 1 is 1.43 bits per heavy atom. The van der Waals surface area contributed by atoms with Gasteiger partial charge in [-0.2, -0.15) is 0 Å². The maximum absolute atomic E-state index is 13.1. The topological polar surface area (TPSA) is 119 Å². The van der Waals surface area contributed by atoms with Crippen molar-refractivity contribution in [1.82, 2.24) is 19.5 Å². The molecule has 1 unspecified atom stereocenters. The molecule has 3 N–H and O–H groups in total. The van der Waals surface area contributed by atoms with Gasteiger partial charge < -0.3 is 20.4 Å². The first-order valence-corrected chi connectivity index (χ1v) is 9.16. The summed E-state index contributed by atoms with van der Waals surface area (Å²) in [5.41, 5.74) is 7.26. The molecule has 1 saturated heterocycles. The van der Waals surface area contributed by atoms with E-state index >= 15 is 0 Å². The number of carbonyl (C=O) groups is 1. The van der Waals surface area contributed by atoms with Crippen LogP contribution in [0.2, 0.25) is 0 Å². The average molecular weight is 382 g/mol. The Labute approximate surface area is 161 Å². The van der Waals surface area contributed by atoms with Crippen molar-refractivity contribution in [2.24, 2.45) is 5.73 Å². The zero-order valence-electron chi connectivity index (χ0n) is 15.8. The van der Waals surface area contributed by atoms with Crippen LogP contribution in [-0.4, -0.2) is 51.2 Å². The molecule has 1 fully saturated rings. The number of rotatable bonds is 4. The van der Waals surface area contributed by atoms with Crippen LogP contribution in [0.4, 0.5) is 5.82 Å². The molecule has 4 heterocycles. The Bertz CT molecular complexity index is 1090. The number of nitrogens with one attached hydrogen (secondary N) is 1. The Kier molecular flexibility index (Phi) is 4.60. The minimum Gasteiger partial charge on any atom is -0.377 e. The van der Waals surface area contributed by atoms with Crippen LogP contribution in [-0.2, 0) is 9.53 Å². The number of hydrogen-bond donors (Lipinski definition) is 2. The van der Waals surface area contributed by atoms with Gasteiger partial charge >= 0.3 is 0 Å². The number of pyridine rings is 1. The molecule has 3 aromatic heterocycles. The summed E-state index contributed by atoms with van der Waals surface area (Å²) in [6, 6.07) is 2.94. The number of hydrogen-bond acceptors (Lipinski definition) is 6. The molecule has 146 valence electrons. The average Bonchev–Trinajstić information content (AvgIpc) is 3.17. The highest BCUT2D eigenvalue weighted by Gasteiger charge is 2.26. The van der Waals surface area contributed by atoms with Gasteiger partial charge in [-0.3, -0.25) is 14.2 Å². The summed E-state index contributed by atoms with van der Waals surface area (Å²) >= 11 is 0. The number of nitrogens with two attached hydrogens (primary N) is 1. The van der Waals surface area contributed by atoms with Gasteiger partial charge in [0, 0.05) is 36.1 Å². The molecule has 1 aliphatic rings. The minimum atomic E-state index is -0.798. The maximum Gasteiger partial charge on any atom is 0.294 e. The van der Waals surface area contributed by atoms with Crippen LogP contribution in [0, 0.1) is 0 Å². The molecule has 0 radical (unpaired) electrons. The molecule has 4 rings (SSSR count). The number of ether oxygens (including phenoxy) is 1. The summed E-state index contributed by atoms with van der Waals surface area (Å²) in [6.07, 6.45) is 5.07. The number of H-pyrrole nitrogens is 1. The highest BCUT2D eigenvalue weighted by atomic mass is 16.5. The summed E-state index contributed by atoms with van der Waals surface area (Å²) in [6.45, 7) is 5.16. The number of anilines is 1. The third-order valence-electron chi connectivity index (χ3n) is 5.12. The third kappa shape index (κ3) is 3.03. The largest absolute Gasteiger partial charge is 0.377 e. The van der Waals surface area contributed by atoms with E-state index in [1.807, 2.05) is 24.0 Å². The van der Waals surface area contributed by atoms with Crippen molar-refractivity contribution in [3.8, 4) is 11.3 Å². The van der Waals surface area contributed by atoms with Gasteiger partial charge in [0.1, 0.15) is 11.7 Å². The van der Waals surface area contributed by atoms with Crippen LogP contribution in [0.1, 0.15) is 19.9 Å². The lowest BCUT2D eigenvalue weighted by atomic mass is 10.1. The van der Waals surface area contributed by atoms with E-state index in [1.54, 1.807) is 25.5 Å². The normalized spacial score (nSPS) is 18.4. The highest BCUT2D eigenvalue weighted by Crippen LogP contribution is 2.27. The van der Waals surface area contributed by atoms with Crippen LogP contribution >= 0.6 is 0 Å². The summed E-state index contributed by atoms with van der Waals surface area (Å²) in [4.78, 5) is 39.0. The Hall–Kier alpha value is -3.20. The highest BCUT2D eigenvalue weighted by molar-refractivity contribution is 5.91. The molecule has 3 aromatic rings. The second-order valence-electron chi connectivity index (χ2n) is 6.96. The van der Waals surface area contributed by atoms with Gasteiger partial charge in [-0.1, -0.05) is 0 Å². The molecule has 0 bridgehead atoms.